The van der Waals surface area contributed by atoms with Crippen LogP contribution in [-0.4, -0.2) is 74.3 Å². The maximum Gasteiger partial charge on any atom is 0.176 e. The summed E-state index contributed by atoms with van der Waals surface area (Å²) in [5, 5.41) is 0. The lowest BCUT2D eigenvalue weighted by molar-refractivity contribution is 0.0643. The average molecular weight is 961 g/mol. The Bertz CT molecular complexity index is 2780. The summed E-state index contributed by atoms with van der Waals surface area (Å²) in [4.78, 5) is 76.1. The highest BCUT2D eigenvalue weighted by atomic mass is 16.6. The van der Waals surface area contributed by atoms with Gasteiger partial charge >= 0.3 is 0 Å². The average Bonchev–Trinajstić information content (AvgIpc) is 3.44. The Kier molecular flexibility index (Phi) is 19.0. The molecule has 0 bridgehead atoms. The van der Waals surface area contributed by atoms with Crippen molar-refractivity contribution in [1.29, 1.82) is 0 Å². The minimum absolute atomic E-state index is 0.127. The fourth-order valence-corrected chi connectivity index (χ4v) is 8.20. The molecule has 3 heterocycles. The van der Waals surface area contributed by atoms with E-state index in [0.29, 0.717) is 127 Å². The first-order valence-electron chi connectivity index (χ1n) is 24.1. The van der Waals surface area contributed by atoms with Crippen LogP contribution < -0.4 is 28.4 Å². The number of hydrogen-bond acceptors (Lipinski definition) is 12. The zero-order chi connectivity index (χ0) is 50.8. The number of rotatable bonds is 15. The van der Waals surface area contributed by atoms with E-state index in [0.717, 1.165) is 0 Å². The smallest absolute Gasteiger partial charge is 0.176 e. The maximum absolute atomic E-state index is 13.3. The Morgan fingerprint density at radius 1 is 0.394 bits per heavy atom. The van der Waals surface area contributed by atoms with Crippen molar-refractivity contribution in [3.05, 3.63) is 179 Å². The van der Waals surface area contributed by atoms with Crippen LogP contribution in [0.2, 0.25) is 0 Å². The van der Waals surface area contributed by atoms with Crippen LogP contribution in [0.25, 0.3) is 0 Å². The van der Waals surface area contributed by atoms with Crippen molar-refractivity contribution < 1.29 is 57.2 Å². The van der Waals surface area contributed by atoms with Gasteiger partial charge in [-0.1, -0.05) is 126 Å². The molecule has 6 aromatic carbocycles. The van der Waals surface area contributed by atoms with Gasteiger partial charge in [-0.3, -0.25) is 28.8 Å². The molecular formula is C59H60O12. The molecule has 0 aromatic heterocycles. The summed E-state index contributed by atoms with van der Waals surface area (Å²) in [6.45, 7) is 12.5. The van der Waals surface area contributed by atoms with E-state index in [9.17, 15) is 28.8 Å². The molecule has 0 fully saturated rings. The molecule has 12 heteroatoms. The molecule has 6 aromatic rings. The minimum atomic E-state index is -1.06. The first-order valence-corrected chi connectivity index (χ1v) is 24.1. The van der Waals surface area contributed by atoms with Gasteiger partial charge in [0.25, 0.3) is 0 Å². The van der Waals surface area contributed by atoms with Crippen molar-refractivity contribution in [3.63, 3.8) is 0 Å². The highest BCUT2D eigenvalue weighted by Gasteiger charge is 2.43. The van der Waals surface area contributed by atoms with E-state index < -0.39 is 11.3 Å². The first kappa shape index (κ1) is 52.5. The number of hydrogen-bond donors (Lipinski definition) is 0. The standard InChI is InChI=1S/C21H22O4.C19H18O4.C17H14O4.C2H6/c1-3-21(4-2,19(22)15-8-6-5-7-9-15)20(23)16-10-11-17-18(14-16)25-13-12-24-17;1-2-15(18(20)13-6-4-3-5-7-13)19(21)14-8-9-16-17(12-14)23-11-10-22-16;18-14(12-4-2-1-3-5-12)11-15(19)13-6-7-16-17(10-13)21-9-8-20-16;1-2/h5-11,14H,3-4,12-13H2,1-2H3;3-9,12,15H,2,10-11H2,1H3;1-7,10H,8-9,11H2;1-2H3. The van der Waals surface area contributed by atoms with Gasteiger partial charge in [0, 0.05) is 33.4 Å². The largest absolute Gasteiger partial charge is 0.486 e. The number of fused-ring (bicyclic) bond motifs is 3. The van der Waals surface area contributed by atoms with Gasteiger partial charge in [0.05, 0.1) is 17.8 Å². The molecule has 3 aliphatic rings. The predicted molar refractivity (Wildman–Crippen MR) is 270 cm³/mol. The highest BCUT2D eigenvalue weighted by Crippen LogP contribution is 2.39. The molecule has 0 saturated heterocycles. The molecule has 0 spiro atoms. The second-order valence-corrected chi connectivity index (χ2v) is 16.3. The summed E-state index contributed by atoms with van der Waals surface area (Å²) in [5.74, 6) is 1.87. The van der Waals surface area contributed by atoms with Gasteiger partial charge in [-0.2, -0.15) is 0 Å². The van der Waals surface area contributed by atoms with Crippen molar-refractivity contribution in [1.82, 2.24) is 0 Å². The molecule has 71 heavy (non-hydrogen) atoms. The third-order valence-corrected chi connectivity index (χ3v) is 12.1. The number of Topliss-reactive ketones (excluding diaryl/α,β-unsaturated/α-hetero) is 6. The topological polar surface area (TPSA) is 158 Å². The molecule has 1 atom stereocenters. The molecule has 3 aliphatic heterocycles. The van der Waals surface area contributed by atoms with Gasteiger partial charge in [-0.05, 0) is 73.9 Å². The van der Waals surface area contributed by atoms with Crippen molar-refractivity contribution >= 4 is 34.7 Å². The molecular weight excluding hydrogens is 901 g/mol. The quantitative estimate of drug-likeness (QED) is 0.0709. The van der Waals surface area contributed by atoms with Crippen molar-refractivity contribution in [2.45, 2.75) is 60.3 Å². The van der Waals surface area contributed by atoms with E-state index in [1.807, 2.05) is 65.0 Å². The van der Waals surface area contributed by atoms with E-state index in [-0.39, 0.29) is 41.1 Å². The monoisotopic (exact) mass is 960 g/mol. The lowest BCUT2D eigenvalue weighted by Gasteiger charge is -2.29. The summed E-state index contributed by atoms with van der Waals surface area (Å²) < 4.78 is 32.9. The van der Waals surface area contributed by atoms with Crippen LogP contribution in [0.1, 0.15) is 122 Å². The van der Waals surface area contributed by atoms with Crippen LogP contribution in [-0.2, 0) is 0 Å². The summed E-state index contributed by atoms with van der Waals surface area (Å²) in [5.41, 5.74) is 2.03. The van der Waals surface area contributed by atoms with Crippen molar-refractivity contribution in [3.8, 4) is 34.5 Å². The molecule has 0 saturated carbocycles. The Hall–Kier alpha value is -7.86. The summed E-state index contributed by atoms with van der Waals surface area (Å²) in [7, 11) is 0. The van der Waals surface area contributed by atoms with Crippen LogP contribution >= 0.6 is 0 Å². The van der Waals surface area contributed by atoms with E-state index in [1.165, 1.54) is 0 Å². The molecule has 12 nitrogen and oxygen atoms in total. The molecule has 0 amide bonds. The van der Waals surface area contributed by atoms with Crippen molar-refractivity contribution in [2.75, 3.05) is 39.6 Å². The summed E-state index contributed by atoms with van der Waals surface area (Å²) in [6, 6.07) is 42.0. The molecule has 0 radical (unpaired) electrons. The molecule has 9 rings (SSSR count). The second kappa shape index (κ2) is 25.7. The first-order chi connectivity index (χ1) is 34.6. The van der Waals surface area contributed by atoms with Crippen LogP contribution in [0.4, 0.5) is 0 Å². The molecule has 0 aliphatic carbocycles. The van der Waals surface area contributed by atoms with Crippen LogP contribution in [0.5, 0.6) is 34.5 Å². The summed E-state index contributed by atoms with van der Waals surface area (Å²) in [6.07, 6.45) is 1.21. The van der Waals surface area contributed by atoms with Gasteiger partial charge in [0.15, 0.2) is 69.2 Å². The zero-order valence-corrected chi connectivity index (χ0v) is 40.9. The van der Waals surface area contributed by atoms with Gasteiger partial charge in [0.2, 0.25) is 0 Å². The van der Waals surface area contributed by atoms with Crippen LogP contribution in [0.15, 0.2) is 146 Å². The number of ether oxygens (including phenoxy) is 6. The number of carbonyl (C=O) groups excluding carboxylic acids is 6. The summed E-state index contributed by atoms with van der Waals surface area (Å²) >= 11 is 0. The van der Waals surface area contributed by atoms with Crippen molar-refractivity contribution in [2.24, 2.45) is 11.3 Å². The zero-order valence-electron chi connectivity index (χ0n) is 40.9. The Morgan fingerprint density at radius 3 is 1.18 bits per heavy atom. The molecule has 1 unspecified atom stereocenters. The normalized spacial score (nSPS) is 13.1. The lowest BCUT2D eigenvalue weighted by atomic mass is 9.70. The number of ketones is 6. The van der Waals surface area contributed by atoms with E-state index in [2.05, 4.69) is 0 Å². The third kappa shape index (κ3) is 12.9. The molecule has 0 N–H and O–H groups in total. The minimum Gasteiger partial charge on any atom is -0.486 e. The lowest BCUT2D eigenvalue weighted by Crippen LogP contribution is -2.38. The van der Waals surface area contributed by atoms with Crippen LogP contribution in [0, 0.1) is 11.3 Å². The Balaban J connectivity index is 0.000000172. The van der Waals surface area contributed by atoms with Gasteiger partial charge < -0.3 is 28.4 Å². The Morgan fingerprint density at radius 2 is 0.732 bits per heavy atom. The van der Waals surface area contributed by atoms with E-state index >= 15 is 0 Å². The number of carbonyl (C=O) groups is 6. The highest BCUT2D eigenvalue weighted by molar-refractivity contribution is 6.20. The fraction of sp³-hybridized carbons (Fsp3) is 0.288. The SMILES string of the molecule is CC.CCC(C(=O)c1ccccc1)C(=O)c1ccc2c(c1)OCCO2.CCC(CC)(C(=O)c1ccccc1)C(=O)c1ccc2c(c1)OCCO2.O=C(CC(=O)c1ccc2c(c1)OCCO2)c1ccccc1. The molecule has 368 valence electrons. The predicted octanol–water partition coefficient (Wildman–Crippen LogP) is 11.8. The number of benzene rings is 6. The Labute approximate surface area is 415 Å². The van der Waals surface area contributed by atoms with E-state index in [4.69, 9.17) is 28.4 Å². The maximum atomic E-state index is 13.3. The fourth-order valence-electron chi connectivity index (χ4n) is 8.20. The van der Waals surface area contributed by atoms with Gasteiger partial charge in [0.1, 0.15) is 39.6 Å². The second-order valence-electron chi connectivity index (χ2n) is 16.3. The van der Waals surface area contributed by atoms with Crippen LogP contribution in [0.3, 0.4) is 0 Å². The van der Waals surface area contributed by atoms with Gasteiger partial charge in [-0.15, -0.1) is 0 Å². The van der Waals surface area contributed by atoms with E-state index in [1.54, 1.807) is 115 Å². The van der Waals surface area contributed by atoms with Gasteiger partial charge in [-0.25, -0.2) is 0 Å². The third-order valence-electron chi connectivity index (χ3n) is 12.1.